The van der Waals surface area contributed by atoms with Gasteiger partial charge in [0.1, 0.15) is 0 Å². The summed E-state index contributed by atoms with van der Waals surface area (Å²) in [6.07, 6.45) is 3.31. The summed E-state index contributed by atoms with van der Waals surface area (Å²) in [6, 6.07) is 5.78. The van der Waals surface area contributed by atoms with Crippen molar-refractivity contribution in [3.8, 4) is 0 Å². The second kappa shape index (κ2) is 4.99. The van der Waals surface area contributed by atoms with E-state index in [9.17, 15) is 4.79 Å². The van der Waals surface area contributed by atoms with Gasteiger partial charge in [-0.2, -0.15) is 0 Å². The first kappa shape index (κ1) is 12.9. The smallest absolute Gasteiger partial charge is 0.220 e. The molecule has 1 saturated heterocycles. The third-order valence-electron chi connectivity index (χ3n) is 3.45. The molecule has 0 saturated carbocycles. The lowest BCUT2D eigenvalue weighted by atomic mass is 9.87. The van der Waals surface area contributed by atoms with E-state index in [1.807, 2.05) is 18.2 Å². The molecule has 0 aliphatic carbocycles. The topological polar surface area (TPSA) is 29.1 Å². The fraction of sp³-hybridized carbons (Fsp3) is 0.462. The summed E-state index contributed by atoms with van der Waals surface area (Å²) in [4.78, 5) is 11.4. The first-order valence-electron chi connectivity index (χ1n) is 5.79. The van der Waals surface area contributed by atoms with Crippen molar-refractivity contribution in [2.45, 2.75) is 38.1 Å². The normalized spacial score (nSPS) is 23.8. The predicted octanol–water partition coefficient (Wildman–Crippen LogP) is 3.70. The highest BCUT2D eigenvalue weighted by Crippen LogP contribution is 2.31. The number of amides is 1. The highest BCUT2D eigenvalue weighted by molar-refractivity contribution is 9.10. The zero-order chi connectivity index (χ0) is 12.5. The lowest BCUT2D eigenvalue weighted by molar-refractivity contribution is -0.119. The number of hydrogen-bond donors (Lipinski definition) is 1. The molecule has 1 aliphatic heterocycles. The van der Waals surface area contributed by atoms with Gasteiger partial charge in [0, 0.05) is 21.5 Å². The molecule has 1 heterocycles. The summed E-state index contributed by atoms with van der Waals surface area (Å²) >= 11 is 9.55. The van der Waals surface area contributed by atoms with E-state index in [2.05, 4.69) is 28.2 Å². The molecule has 2 nitrogen and oxygen atoms in total. The fourth-order valence-electron chi connectivity index (χ4n) is 2.34. The van der Waals surface area contributed by atoms with Gasteiger partial charge < -0.3 is 5.32 Å². The standard InChI is InChI=1S/C13H15BrClNO/c1-2-13(6-5-12(17)16-13)8-9-7-10(15)3-4-11(9)14/h3-4,7H,2,5-6,8H2,1H3,(H,16,17). The van der Waals surface area contributed by atoms with Crippen molar-refractivity contribution in [1.82, 2.24) is 5.32 Å². The number of halogens is 2. The average Bonchev–Trinajstić information content (AvgIpc) is 2.66. The van der Waals surface area contributed by atoms with Crippen LogP contribution in [-0.2, 0) is 11.2 Å². The first-order valence-corrected chi connectivity index (χ1v) is 6.97. The maximum absolute atomic E-state index is 11.4. The molecule has 1 aliphatic rings. The Hall–Kier alpha value is -0.540. The van der Waals surface area contributed by atoms with Gasteiger partial charge in [-0.3, -0.25) is 4.79 Å². The monoisotopic (exact) mass is 315 g/mol. The molecule has 1 atom stereocenters. The number of hydrogen-bond acceptors (Lipinski definition) is 1. The van der Waals surface area contributed by atoms with Gasteiger partial charge in [-0.15, -0.1) is 0 Å². The maximum atomic E-state index is 11.4. The molecule has 0 aromatic heterocycles. The van der Waals surface area contributed by atoms with Crippen LogP contribution in [0.25, 0.3) is 0 Å². The Morgan fingerprint density at radius 2 is 2.29 bits per heavy atom. The van der Waals surface area contributed by atoms with Crippen molar-refractivity contribution in [3.63, 3.8) is 0 Å². The minimum Gasteiger partial charge on any atom is -0.350 e. The van der Waals surface area contributed by atoms with Crippen molar-refractivity contribution in [1.29, 1.82) is 0 Å². The summed E-state index contributed by atoms with van der Waals surface area (Å²) in [5.74, 6) is 0.157. The third kappa shape index (κ3) is 2.83. The molecule has 17 heavy (non-hydrogen) atoms. The van der Waals surface area contributed by atoms with Gasteiger partial charge in [0.25, 0.3) is 0 Å². The molecule has 0 bridgehead atoms. The molecule has 2 rings (SSSR count). The zero-order valence-electron chi connectivity index (χ0n) is 9.72. The Kier molecular flexibility index (Phi) is 3.79. The van der Waals surface area contributed by atoms with Crippen LogP contribution in [0.15, 0.2) is 22.7 Å². The summed E-state index contributed by atoms with van der Waals surface area (Å²) in [6.45, 7) is 2.12. The van der Waals surface area contributed by atoms with E-state index in [-0.39, 0.29) is 11.4 Å². The Labute approximate surface area is 115 Å². The zero-order valence-corrected chi connectivity index (χ0v) is 12.1. The molecule has 1 unspecified atom stereocenters. The molecule has 0 radical (unpaired) electrons. The predicted molar refractivity (Wildman–Crippen MR) is 73.3 cm³/mol. The van der Waals surface area contributed by atoms with Crippen molar-refractivity contribution in [2.24, 2.45) is 0 Å². The van der Waals surface area contributed by atoms with Crippen molar-refractivity contribution in [3.05, 3.63) is 33.3 Å². The van der Waals surface area contributed by atoms with E-state index in [1.54, 1.807) is 0 Å². The van der Waals surface area contributed by atoms with Gasteiger partial charge in [0.15, 0.2) is 0 Å². The molecular formula is C13H15BrClNO. The molecule has 0 spiro atoms. The average molecular weight is 317 g/mol. The number of benzene rings is 1. The molecule has 92 valence electrons. The number of rotatable bonds is 3. The van der Waals surface area contributed by atoms with Crippen LogP contribution in [0, 0.1) is 0 Å². The third-order valence-corrected chi connectivity index (χ3v) is 4.46. The second-order valence-electron chi connectivity index (χ2n) is 4.59. The quantitative estimate of drug-likeness (QED) is 0.905. The van der Waals surface area contributed by atoms with Crippen molar-refractivity contribution in [2.75, 3.05) is 0 Å². The molecule has 1 aromatic carbocycles. The van der Waals surface area contributed by atoms with Gasteiger partial charge >= 0.3 is 0 Å². The van der Waals surface area contributed by atoms with Crippen LogP contribution in [0.3, 0.4) is 0 Å². The Balaban J connectivity index is 2.24. The van der Waals surface area contributed by atoms with Gasteiger partial charge in [-0.25, -0.2) is 0 Å². The van der Waals surface area contributed by atoms with Gasteiger partial charge in [0.05, 0.1) is 0 Å². The highest BCUT2D eigenvalue weighted by Gasteiger charge is 2.36. The largest absolute Gasteiger partial charge is 0.350 e. The summed E-state index contributed by atoms with van der Waals surface area (Å²) in [5, 5.41) is 3.84. The summed E-state index contributed by atoms with van der Waals surface area (Å²) in [5.41, 5.74) is 1.06. The second-order valence-corrected chi connectivity index (χ2v) is 5.89. The van der Waals surface area contributed by atoms with E-state index in [1.165, 1.54) is 0 Å². The van der Waals surface area contributed by atoms with Crippen LogP contribution in [0.5, 0.6) is 0 Å². The van der Waals surface area contributed by atoms with E-state index in [4.69, 9.17) is 11.6 Å². The molecule has 1 fully saturated rings. The Morgan fingerprint density at radius 1 is 1.53 bits per heavy atom. The van der Waals surface area contributed by atoms with Crippen LogP contribution in [0.4, 0.5) is 0 Å². The molecule has 1 amide bonds. The number of carbonyl (C=O) groups is 1. The van der Waals surface area contributed by atoms with Gasteiger partial charge in [0.2, 0.25) is 5.91 Å². The summed E-state index contributed by atoms with van der Waals surface area (Å²) < 4.78 is 1.05. The first-order chi connectivity index (χ1) is 8.04. The van der Waals surface area contributed by atoms with Crippen LogP contribution < -0.4 is 5.32 Å². The SMILES string of the molecule is CCC1(Cc2cc(Cl)ccc2Br)CCC(=O)N1. The van der Waals surface area contributed by atoms with Crippen molar-refractivity contribution >= 4 is 33.4 Å². The van der Waals surface area contributed by atoms with Crippen LogP contribution in [0.1, 0.15) is 31.7 Å². The molecule has 1 aromatic rings. The van der Waals surface area contributed by atoms with E-state index in [0.29, 0.717) is 6.42 Å². The van der Waals surface area contributed by atoms with Gasteiger partial charge in [-0.05, 0) is 43.0 Å². The van der Waals surface area contributed by atoms with Gasteiger partial charge in [-0.1, -0.05) is 34.5 Å². The highest BCUT2D eigenvalue weighted by atomic mass is 79.9. The lowest BCUT2D eigenvalue weighted by Gasteiger charge is -2.28. The Bertz CT molecular complexity index is 449. The summed E-state index contributed by atoms with van der Waals surface area (Å²) in [7, 11) is 0. The van der Waals surface area contributed by atoms with Crippen LogP contribution >= 0.6 is 27.5 Å². The lowest BCUT2D eigenvalue weighted by Crippen LogP contribution is -2.43. The minimum atomic E-state index is -0.0930. The minimum absolute atomic E-state index is 0.0930. The maximum Gasteiger partial charge on any atom is 0.220 e. The number of carbonyl (C=O) groups excluding carboxylic acids is 1. The van der Waals surface area contributed by atoms with E-state index >= 15 is 0 Å². The van der Waals surface area contributed by atoms with E-state index < -0.39 is 0 Å². The fourth-order valence-corrected chi connectivity index (χ4v) is 2.92. The molecular weight excluding hydrogens is 302 g/mol. The van der Waals surface area contributed by atoms with E-state index in [0.717, 1.165) is 34.3 Å². The van der Waals surface area contributed by atoms with Crippen LogP contribution in [-0.4, -0.2) is 11.4 Å². The Morgan fingerprint density at radius 3 is 2.88 bits per heavy atom. The van der Waals surface area contributed by atoms with Crippen molar-refractivity contribution < 1.29 is 4.79 Å². The van der Waals surface area contributed by atoms with Crippen LogP contribution in [0.2, 0.25) is 5.02 Å². The number of nitrogens with one attached hydrogen (secondary N) is 1. The molecule has 4 heteroatoms. The molecule has 1 N–H and O–H groups in total.